The van der Waals surface area contributed by atoms with Gasteiger partial charge in [0, 0.05) is 18.4 Å². The van der Waals surface area contributed by atoms with Gasteiger partial charge in [-0.1, -0.05) is 11.6 Å². The second-order valence-corrected chi connectivity index (χ2v) is 5.25. The lowest BCUT2D eigenvalue weighted by Gasteiger charge is -2.33. The van der Waals surface area contributed by atoms with Crippen LogP contribution in [0.4, 0.5) is 0 Å². The van der Waals surface area contributed by atoms with E-state index >= 15 is 0 Å². The summed E-state index contributed by atoms with van der Waals surface area (Å²) >= 11 is 6.10. The number of amides is 1. The van der Waals surface area contributed by atoms with Crippen molar-refractivity contribution in [2.24, 2.45) is 0 Å². The van der Waals surface area contributed by atoms with Gasteiger partial charge in [0.25, 0.3) is 5.91 Å². The highest BCUT2D eigenvalue weighted by atomic mass is 35.5. The van der Waals surface area contributed by atoms with Crippen LogP contribution in [0.5, 0.6) is 0 Å². The molecule has 1 aliphatic heterocycles. The van der Waals surface area contributed by atoms with Gasteiger partial charge in [-0.15, -0.1) is 0 Å². The van der Waals surface area contributed by atoms with Crippen LogP contribution >= 0.6 is 11.6 Å². The molecule has 1 unspecified atom stereocenters. The quantitative estimate of drug-likeness (QED) is 0.785. The molecule has 1 aromatic heterocycles. The molecule has 1 fully saturated rings. The third-order valence-corrected chi connectivity index (χ3v) is 3.77. The molecule has 0 spiro atoms. The Hall–Kier alpha value is -1.62. The van der Waals surface area contributed by atoms with Crippen molar-refractivity contribution in [3.63, 3.8) is 0 Å². The lowest BCUT2D eigenvalue weighted by molar-refractivity contribution is -0.147. The molecule has 1 aliphatic rings. The maximum absolute atomic E-state index is 12.6. The molecule has 6 heteroatoms. The maximum Gasteiger partial charge on any atom is 0.328 e. The van der Waals surface area contributed by atoms with Gasteiger partial charge in [-0.2, -0.15) is 0 Å². The van der Waals surface area contributed by atoms with E-state index in [2.05, 4.69) is 4.98 Å². The number of rotatable bonds is 2. The van der Waals surface area contributed by atoms with Crippen molar-refractivity contribution >= 4 is 23.5 Å². The summed E-state index contributed by atoms with van der Waals surface area (Å²) in [5, 5.41) is 0.358. The molecular weight excluding hydrogens is 280 g/mol. The normalized spacial score (nSPS) is 18.8. The summed E-state index contributed by atoms with van der Waals surface area (Å²) < 4.78 is 4.77. The lowest BCUT2D eigenvalue weighted by Crippen LogP contribution is -2.48. The number of nitrogens with zero attached hydrogens (tertiary/aromatic N) is 2. The first-order valence-corrected chi connectivity index (χ1v) is 6.93. The molecule has 1 atom stereocenters. The Balaban J connectivity index is 2.27. The van der Waals surface area contributed by atoms with Crippen molar-refractivity contribution < 1.29 is 14.3 Å². The largest absolute Gasteiger partial charge is 0.467 e. The van der Waals surface area contributed by atoms with Crippen molar-refractivity contribution in [3.8, 4) is 0 Å². The van der Waals surface area contributed by atoms with E-state index in [1.807, 2.05) is 0 Å². The highest BCUT2D eigenvalue weighted by Crippen LogP contribution is 2.24. The predicted octanol–water partition coefficient (Wildman–Crippen LogP) is 2.21. The van der Waals surface area contributed by atoms with Crippen LogP contribution in [0, 0.1) is 6.92 Å². The van der Waals surface area contributed by atoms with Crippen LogP contribution in [0.1, 0.15) is 35.3 Å². The Morgan fingerprint density at radius 2 is 2.20 bits per heavy atom. The Kier molecular flexibility index (Phi) is 4.60. The summed E-state index contributed by atoms with van der Waals surface area (Å²) in [5.41, 5.74) is 1.07. The predicted molar refractivity (Wildman–Crippen MR) is 74.7 cm³/mol. The number of halogens is 1. The summed E-state index contributed by atoms with van der Waals surface area (Å²) in [5.74, 6) is -0.646. The fourth-order valence-electron chi connectivity index (χ4n) is 2.39. The van der Waals surface area contributed by atoms with Gasteiger partial charge in [-0.05, 0) is 32.3 Å². The number of piperidine rings is 1. The number of aryl methyl sites for hydroxylation is 1. The minimum absolute atomic E-state index is 0.266. The Labute approximate surface area is 122 Å². The van der Waals surface area contributed by atoms with Crippen LogP contribution < -0.4 is 0 Å². The van der Waals surface area contributed by atoms with E-state index in [4.69, 9.17) is 16.3 Å². The standard InChI is InChI=1S/C14H17ClN2O3/c1-9-7-11(15)10(8-16-9)13(18)17-6-4-3-5-12(17)14(19)20-2/h7-8,12H,3-6H2,1-2H3. The van der Waals surface area contributed by atoms with Gasteiger partial charge in [0.2, 0.25) is 0 Å². The van der Waals surface area contributed by atoms with Gasteiger partial charge >= 0.3 is 5.97 Å². The molecule has 1 amide bonds. The third-order valence-electron chi connectivity index (χ3n) is 3.46. The minimum Gasteiger partial charge on any atom is -0.467 e. The fraction of sp³-hybridized carbons (Fsp3) is 0.500. The van der Waals surface area contributed by atoms with Crippen LogP contribution in [0.25, 0.3) is 0 Å². The molecular formula is C14H17ClN2O3. The Morgan fingerprint density at radius 1 is 1.45 bits per heavy atom. The highest BCUT2D eigenvalue weighted by molar-refractivity contribution is 6.33. The molecule has 108 valence electrons. The van der Waals surface area contributed by atoms with Crippen LogP contribution in [-0.2, 0) is 9.53 Å². The van der Waals surface area contributed by atoms with Crippen molar-refractivity contribution in [3.05, 3.63) is 28.5 Å². The molecule has 2 rings (SSSR count). The Morgan fingerprint density at radius 3 is 2.85 bits per heavy atom. The molecule has 0 aromatic carbocycles. The van der Waals surface area contributed by atoms with Crippen molar-refractivity contribution in [2.45, 2.75) is 32.2 Å². The zero-order valence-electron chi connectivity index (χ0n) is 11.6. The van der Waals surface area contributed by atoms with Gasteiger partial charge in [-0.3, -0.25) is 9.78 Å². The summed E-state index contributed by atoms with van der Waals surface area (Å²) in [6.07, 6.45) is 3.86. The number of carbonyl (C=O) groups excluding carboxylic acids is 2. The summed E-state index contributed by atoms with van der Waals surface area (Å²) in [6.45, 7) is 2.33. The molecule has 0 aliphatic carbocycles. The van der Waals surface area contributed by atoms with Crippen molar-refractivity contribution in [1.29, 1.82) is 0 Å². The second-order valence-electron chi connectivity index (χ2n) is 4.84. The summed E-state index contributed by atoms with van der Waals surface area (Å²) in [4.78, 5) is 30.0. The topological polar surface area (TPSA) is 59.5 Å². The molecule has 0 N–H and O–H groups in total. The van der Waals surface area contributed by atoms with E-state index in [1.165, 1.54) is 18.2 Å². The van der Waals surface area contributed by atoms with E-state index in [9.17, 15) is 9.59 Å². The van der Waals surface area contributed by atoms with E-state index in [-0.39, 0.29) is 11.9 Å². The SMILES string of the molecule is COC(=O)C1CCCCN1C(=O)c1cnc(C)cc1Cl. The van der Waals surface area contributed by atoms with Gasteiger partial charge in [0.1, 0.15) is 6.04 Å². The van der Waals surface area contributed by atoms with Gasteiger partial charge in [-0.25, -0.2) is 4.79 Å². The van der Waals surface area contributed by atoms with E-state index < -0.39 is 6.04 Å². The van der Waals surface area contributed by atoms with Crippen LogP contribution in [-0.4, -0.2) is 41.5 Å². The number of aromatic nitrogens is 1. The Bertz CT molecular complexity index is 533. The molecule has 1 saturated heterocycles. The molecule has 5 nitrogen and oxygen atoms in total. The monoisotopic (exact) mass is 296 g/mol. The highest BCUT2D eigenvalue weighted by Gasteiger charge is 2.34. The van der Waals surface area contributed by atoms with E-state index in [1.54, 1.807) is 13.0 Å². The zero-order valence-corrected chi connectivity index (χ0v) is 12.3. The van der Waals surface area contributed by atoms with E-state index in [0.29, 0.717) is 23.6 Å². The fourth-order valence-corrected chi connectivity index (χ4v) is 2.68. The number of esters is 1. The zero-order chi connectivity index (χ0) is 14.7. The number of ether oxygens (including phenoxy) is 1. The van der Waals surface area contributed by atoms with Gasteiger partial charge < -0.3 is 9.64 Å². The average Bonchev–Trinajstić information content (AvgIpc) is 2.46. The van der Waals surface area contributed by atoms with Crippen LogP contribution in [0.15, 0.2) is 12.3 Å². The summed E-state index contributed by atoms with van der Waals surface area (Å²) in [6, 6.07) is 1.12. The van der Waals surface area contributed by atoms with Crippen molar-refractivity contribution in [1.82, 2.24) is 9.88 Å². The third kappa shape index (κ3) is 2.93. The number of hydrogen-bond donors (Lipinski definition) is 0. The molecule has 0 saturated carbocycles. The number of pyridine rings is 1. The van der Waals surface area contributed by atoms with Crippen LogP contribution in [0.2, 0.25) is 5.02 Å². The van der Waals surface area contributed by atoms with E-state index in [0.717, 1.165) is 18.5 Å². The molecule has 0 bridgehead atoms. The van der Waals surface area contributed by atoms with Gasteiger partial charge in [0.15, 0.2) is 0 Å². The first kappa shape index (κ1) is 14.8. The minimum atomic E-state index is -0.529. The number of methoxy groups -OCH3 is 1. The number of likely N-dealkylation sites (tertiary alicyclic amines) is 1. The second kappa shape index (κ2) is 6.22. The molecule has 1 aromatic rings. The number of hydrogen-bond acceptors (Lipinski definition) is 4. The lowest BCUT2D eigenvalue weighted by atomic mass is 10.0. The van der Waals surface area contributed by atoms with Crippen molar-refractivity contribution in [2.75, 3.05) is 13.7 Å². The molecule has 20 heavy (non-hydrogen) atoms. The molecule has 2 heterocycles. The average molecular weight is 297 g/mol. The first-order valence-electron chi connectivity index (χ1n) is 6.55. The number of carbonyl (C=O) groups is 2. The first-order chi connectivity index (χ1) is 9.54. The smallest absolute Gasteiger partial charge is 0.328 e. The maximum atomic E-state index is 12.6. The molecule has 0 radical (unpaired) electrons. The van der Waals surface area contributed by atoms with Crippen LogP contribution in [0.3, 0.4) is 0 Å². The van der Waals surface area contributed by atoms with Gasteiger partial charge in [0.05, 0.1) is 17.7 Å². The summed E-state index contributed by atoms with van der Waals surface area (Å²) in [7, 11) is 1.33.